The van der Waals surface area contributed by atoms with E-state index in [1.807, 2.05) is 6.07 Å². The van der Waals surface area contributed by atoms with Crippen LogP contribution in [0, 0.1) is 5.82 Å². The third-order valence-electron chi connectivity index (χ3n) is 2.96. The molecule has 0 saturated heterocycles. The van der Waals surface area contributed by atoms with Crippen LogP contribution in [0.2, 0.25) is 0 Å². The molecule has 1 N–H and O–H groups in total. The predicted octanol–water partition coefficient (Wildman–Crippen LogP) is 4.08. The standard InChI is InChI=1S/C13H19BrFN/c1-4-13(16-5-2)9(3)11-8-10(14)6-7-12(11)15/h6-9,13,16H,4-5H2,1-3H3. The van der Waals surface area contributed by atoms with Crippen molar-refractivity contribution in [1.82, 2.24) is 5.32 Å². The lowest BCUT2D eigenvalue weighted by molar-refractivity contribution is 0.436. The fourth-order valence-corrected chi connectivity index (χ4v) is 2.40. The van der Waals surface area contributed by atoms with Gasteiger partial charge in [0.25, 0.3) is 0 Å². The Morgan fingerprint density at radius 3 is 2.62 bits per heavy atom. The second-order valence-electron chi connectivity index (χ2n) is 4.03. The molecule has 0 heterocycles. The highest BCUT2D eigenvalue weighted by Crippen LogP contribution is 2.26. The third-order valence-corrected chi connectivity index (χ3v) is 3.45. The van der Waals surface area contributed by atoms with Crippen LogP contribution in [0.5, 0.6) is 0 Å². The van der Waals surface area contributed by atoms with Gasteiger partial charge in [-0.25, -0.2) is 4.39 Å². The van der Waals surface area contributed by atoms with Gasteiger partial charge >= 0.3 is 0 Å². The highest BCUT2D eigenvalue weighted by molar-refractivity contribution is 9.10. The summed E-state index contributed by atoms with van der Waals surface area (Å²) >= 11 is 3.39. The summed E-state index contributed by atoms with van der Waals surface area (Å²) in [4.78, 5) is 0. The van der Waals surface area contributed by atoms with E-state index < -0.39 is 0 Å². The molecule has 0 aliphatic rings. The van der Waals surface area contributed by atoms with Crippen LogP contribution >= 0.6 is 15.9 Å². The summed E-state index contributed by atoms with van der Waals surface area (Å²) in [6, 6.07) is 5.46. The van der Waals surface area contributed by atoms with Crippen LogP contribution in [-0.4, -0.2) is 12.6 Å². The molecule has 2 atom stereocenters. The lowest BCUT2D eigenvalue weighted by atomic mass is 9.91. The van der Waals surface area contributed by atoms with Crippen LogP contribution in [0.3, 0.4) is 0 Å². The van der Waals surface area contributed by atoms with E-state index in [0.717, 1.165) is 23.0 Å². The SMILES string of the molecule is CCNC(CC)C(C)c1cc(Br)ccc1F. The monoisotopic (exact) mass is 287 g/mol. The van der Waals surface area contributed by atoms with Crippen molar-refractivity contribution in [3.63, 3.8) is 0 Å². The van der Waals surface area contributed by atoms with Crippen LogP contribution in [0.4, 0.5) is 4.39 Å². The van der Waals surface area contributed by atoms with Crippen LogP contribution in [0.15, 0.2) is 22.7 Å². The Morgan fingerprint density at radius 1 is 1.38 bits per heavy atom. The normalized spacial score (nSPS) is 14.8. The minimum absolute atomic E-state index is 0.118. The molecule has 0 amide bonds. The van der Waals surface area contributed by atoms with E-state index in [9.17, 15) is 4.39 Å². The van der Waals surface area contributed by atoms with Crippen molar-refractivity contribution in [1.29, 1.82) is 0 Å². The molecule has 0 fully saturated rings. The molecule has 0 radical (unpaired) electrons. The first kappa shape index (κ1) is 13.7. The first-order valence-corrected chi connectivity index (χ1v) is 6.57. The van der Waals surface area contributed by atoms with Gasteiger partial charge in [0, 0.05) is 10.5 Å². The molecule has 1 nitrogen and oxygen atoms in total. The maximum atomic E-state index is 13.7. The maximum Gasteiger partial charge on any atom is 0.126 e. The molecule has 3 heteroatoms. The fourth-order valence-electron chi connectivity index (χ4n) is 2.02. The number of benzene rings is 1. The van der Waals surface area contributed by atoms with Crippen LogP contribution in [0.25, 0.3) is 0 Å². The van der Waals surface area contributed by atoms with Crippen molar-refractivity contribution in [2.24, 2.45) is 0 Å². The summed E-state index contributed by atoms with van der Waals surface area (Å²) in [7, 11) is 0. The van der Waals surface area contributed by atoms with E-state index in [2.05, 4.69) is 42.0 Å². The zero-order valence-electron chi connectivity index (χ0n) is 10.1. The van der Waals surface area contributed by atoms with E-state index >= 15 is 0 Å². The molecule has 0 spiro atoms. The molecule has 1 aromatic carbocycles. The summed E-state index contributed by atoms with van der Waals surface area (Å²) in [6.07, 6.45) is 1.00. The predicted molar refractivity (Wildman–Crippen MR) is 70.3 cm³/mol. The van der Waals surface area contributed by atoms with Gasteiger partial charge in [-0.2, -0.15) is 0 Å². The van der Waals surface area contributed by atoms with Crippen molar-refractivity contribution >= 4 is 15.9 Å². The Bertz CT molecular complexity index is 341. The summed E-state index contributed by atoms with van der Waals surface area (Å²) in [5.74, 6) is 0.0644. The van der Waals surface area contributed by atoms with Gasteiger partial charge in [-0.05, 0) is 42.6 Å². The topological polar surface area (TPSA) is 12.0 Å². The van der Waals surface area contributed by atoms with Crippen molar-refractivity contribution < 1.29 is 4.39 Å². The Balaban J connectivity index is 2.93. The molecule has 90 valence electrons. The highest BCUT2D eigenvalue weighted by Gasteiger charge is 2.19. The van der Waals surface area contributed by atoms with Gasteiger partial charge in [0.1, 0.15) is 5.82 Å². The lowest BCUT2D eigenvalue weighted by Gasteiger charge is -2.24. The Hall–Kier alpha value is -0.410. The Kier molecular flexibility index (Phi) is 5.42. The van der Waals surface area contributed by atoms with Gasteiger partial charge in [-0.3, -0.25) is 0 Å². The van der Waals surface area contributed by atoms with E-state index in [1.54, 1.807) is 6.07 Å². The number of nitrogens with one attached hydrogen (secondary N) is 1. The molecule has 1 aromatic rings. The number of rotatable bonds is 5. The van der Waals surface area contributed by atoms with E-state index in [0.29, 0.717) is 6.04 Å². The second kappa shape index (κ2) is 6.36. The average molecular weight is 288 g/mol. The maximum absolute atomic E-state index is 13.7. The van der Waals surface area contributed by atoms with Crippen molar-refractivity contribution in [3.05, 3.63) is 34.1 Å². The molecule has 2 unspecified atom stereocenters. The van der Waals surface area contributed by atoms with Crippen molar-refractivity contribution in [3.8, 4) is 0 Å². The van der Waals surface area contributed by atoms with Crippen molar-refractivity contribution in [2.75, 3.05) is 6.54 Å². The molecule has 0 aliphatic heterocycles. The largest absolute Gasteiger partial charge is 0.314 e. The minimum atomic E-state index is -0.118. The summed E-state index contributed by atoms with van der Waals surface area (Å²) in [5, 5.41) is 3.40. The number of hydrogen-bond acceptors (Lipinski definition) is 1. The smallest absolute Gasteiger partial charge is 0.126 e. The van der Waals surface area contributed by atoms with Gasteiger partial charge in [-0.1, -0.05) is 36.7 Å². The molecule has 0 aromatic heterocycles. The summed E-state index contributed by atoms with van der Waals surface area (Å²) in [6.45, 7) is 7.19. The Morgan fingerprint density at radius 2 is 2.06 bits per heavy atom. The molecular weight excluding hydrogens is 269 g/mol. The molecule has 1 rings (SSSR count). The lowest BCUT2D eigenvalue weighted by Crippen LogP contribution is -2.33. The molecule has 16 heavy (non-hydrogen) atoms. The van der Waals surface area contributed by atoms with Gasteiger partial charge in [0.15, 0.2) is 0 Å². The van der Waals surface area contributed by atoms with Gasteiger partial charge < -0.3 is 5.32 Å². The van der Waals surface area contributed by atoms with Gasteiger partial charge in [-0.15, -0.1) is 0 Å². The fraction of sp³-hybridized carbons (Fsp3) is 0.538. The number of likely N-dealkylation sites (N-methyl/N-ethyl adjacent to an activating group) is 1. The summed E-state index contributed by atoms with van der Waals surface area (Å²) in [5.41, 5.74) is 0.780. The van der Waals surface area contributed by atoms with E-state index in [1.165, 1.54) is 6.07 Å². The minimum Gasteiger partial charge on any atom is -0.314 e. The van der Waals surface area contributed by atoms with Crippen molar-refractivity contribution in [2.45, 2.75) is 39.2 Å². The molecule has 0 saturated carbocycles. The van der Waals surface area contributed by atoms with E-state index in [-0.39, 0.29) is 11.7 Å². The zero-order chi connectivity index (χ0) is 12.1. The van der Waals surface area contributed by atoms with Gasteiger partial charge in [0.05, 0.1) is 0 Å². The molecular formula is C13H19BrFN. The second-order valence-corrected chi connectivity index (χ2v) is 4.94. The third kappa shape index (κ3) is 3.29. The number of halogens is 2. The van der Waals surface area contributed by atoms with Crippen LogP contribution in [-0.2, 0) is 0 Å². The van der Waals surface area contributed by atoms with Crippen LogP contribution in [0.1, 0.15) is 38.7 Å². The zero-order valence-corrected chi connectivity index (χ0v) is 11.6. The summed E-state index contributed by atoms with van der Waals surface area (Å²) < 4.78 is 14.6. The molecule has 0 aliphatic carbocycles. The van der Waals surface area contributed by atoms with E-state index in [4.69, 9.17) is 0 Å². The average Bonchev–Trinajstić information content (AvgIpc) is 2.28. The molecule has 0 bridgehead atoms. The quantitative estimate of drug-likeness (QED) is 0.861. The van der Waals surface area contributed by atoms with Gasteiger partial charge in [0.2, 0.25) is 0 Å². The first-order chi connectivity index (χ1) is 7.60. The van der Waals surface area contributed by atoms with Crippen LogP contribution < -0.4 is 5.32 Å². The highest BCUT2D eigenvalue weighted by atomic mass is 79.9. The first-order valence-electron chi connectivity index (χ1n) is 5.78. The Labute approximate surface area is 106 Å². The number of hydrogen-bond donors (Lipinski definition) is 1.